The van der Waals surface area contributed by atoms with E-state index in [2.05, 4.69) is 5.32 Å². The molecular weight excluding hydrogens is 440 g/mol. The Hall–Kier alpha value is -2.84. The highest BCUT2D eigenvalue weighted by Gasteiger charge is 2.33. The van der Waals surface area contributed by atoms with E-state index in [4.69, 9.17) is 11.6 Å². The lowest BCUT2D eigenvalue weighted by Crippen LogP contribution is -2.18. The number of anilines is 1. The molecule has 0 bridgehead atoms. The molecule has 1 amide bonds. The molecule has 4 rings (SSSR count). The van der Waals surface area contributed by atoms with E-state index in [9.17, 15) is 22.4 Å². The van der Waals surface area contributed by atoms with Crippen LogP contribution < -0.4 is 5.32 Å². The molecule has 2 aromatic heterocycles. The molecule has 1 N–H and O–H groups in total. The number of carbonyl (C=O) groups is 1. The third-order valence-electron chi connectivity index (χ3n) is 4.54. The first-order valence-electron chi connectivity index (χ1n) is 8.71. The van der Waals surface area contributed by atoms with E-state index in [-0.39, 0.29) is 17.2 Å². The number of fused-ring (bicyclic) bond motifs is 1. The first-order valence-corrected chi connectivity index (χ1v) is 9.97. The Morgan fingerprint density at radius 2 is 1.80 bits per heavy atom. The zero-order chi connectivity index (χ0) is 21.5. The molecule has 0 aliphatic rings. The fourth-order valence-electron chi connectivity index (χ4n) is 3.12. The second-order valence-electron chi connectivity index (χ2n) is 6.56. The average molecular weight is 453 g/mol. The van der Waals surface area contributed by atoms with Crippen molar-refractivity contribution < 1.29 is 22.4 Å². The van der Waals surface area contributed by atoms with E-state index in [1.54, 1.807) is 22.8 Å². The summed E-state index contributed by atoms with van der Waals surface area (Å²) in [7, 11) is 0. The van der Waals surface area contributed by atoms with Crippen LogP contribution >= 0.6 is 22.9 Å². The number of alkyl halides is 3. The molecule has 2 heterocycles. The lowest BCUT2D eigenvalue weighted by atomic mass is 10.2. The van der Waals surface area contributed by atoms with E-state index in [1.807, 2.05) is 11.4 Å². The smallest absolute Gasteiger partial charge is 0.331 e. The van der Waals surface area contributed by atoms with Crippen LogP contribution in [0.1, 0.15) is 21.6 Å². The van der Waals surface area contributed by atoms with Crippen LogP contribution in [0.2, 0.25) is 5.02 Å². The van der Waals surface area contributed by atoms with Gasteiger partial charge in [0.15, 0.2) is 0 Å². The van der Waals surface area contributed by atoms with Gasteiger partial charge in [0.2, 0.25) is 0 Å². The normalized spacial score (nSPS) is 11.8. The summed E-state index contributed by atoms with van der Waals surface area (Å²) in [5.74, 6) is -0.927. The molecule has 0 atom stereocenters. The van der Waals surface area contributed by atoms with Crippen molar-refractivity contribution in [2.45, 2.75) is 12.7 Å². The van der Waals surface area contributed by atoms with Crippen molar-refractivity contribution in [1.29, 1.82) is 0 Å². The Kier molecular flexibility index (Phi) is 5.29. The van der Waals surface area contributed by atoms with Gasteiger partial charge in [-0.2, -0.15) is 13.2 Å². The molecule has 9 heteroatoms. The van der Waals surface area contributed by atoms with E-state index in [0.29, 0.717) is 6.54 Å². The molecule has 0 unspecified atom stereocenters. The van der Waals surface area contributed by atoms with E-state index < -0.39 is 22.7 Å². The SMILES string of the molecule is O=C(Nc1ccc(Cl)c(C(F)(F)F)c1)c1cc2sccc2n1Cc1ccc(F)cc1. The van der Waals surface area contributed by atoms with Crippen molar-refractivity contribution in [3.63, 3.8) is 0 Å². The molecular formula is C21H13ClF4N2OS. The van der Waals surface area contributed by atoms with Crippen LogP contribution in [0.3, 0.4) is 0 Å². The van der Waals surface area contributed by atoms with Gasteiger partial charge in [0.05, 0.1) is 20.8 Å². The summed E-state index contributed by atoms with van der Waals surface area (Å²) >= 11 is 7.08. The molecule has 0 radical (unpaired) electrons. The first-order chi connectivity index (χ1) is 14.2. The minimum absolute atomic E-state index is 0.0189. The maximum Gasteiger partial charge on any atom is 0.417 e. The van der Waals surface area contributed by atoms with Gasteiger partial charge in [0.25, 0.3) is 5.91 Å². The van der Waals surface area contributed by atoms with Gasteiger partial charge in [0.1, 0.15) is 11.5 Å². The molecule has 0 saturated carbocycles. The Balaban J connectivity index is 1.67. The van der Waals surface area contributed by atoms with Gasteiger partial charge in [-0.3, -0.25) is 4.79 Å². The molecule has 0 fully saturated rings. The van der Waals surface area contributed by atoms with Gasteiger partial charge in [-0.05, 0) is 53.4 Å². The molecule has 154 valence electrons. The van der Waals surface area contributed by atoms with Gasteiger partial charge < -0.3 is 9.88 Å². The predicted octanol–water partition coefficient (Wildman–Crippen LogP) is 6.81. The summed E-state index contributed by atoms with van der Waals surface area (Å²) in [4.78, 5) is 12.9. The second-order valence-corrected chi connectivity index (χ2v) is 7.91. The molecule has 2 aromatic carbocycles. The lowest BCUT2D eigenvalue weighted by molar-refractivity contribution is -0.137. The van der Waals surface area contributed by atoms with Crippen LogP contribution in [-0.2, 0) is 12.7 Å². The minimum atomic E-state index is -4.64. The van der Waals surface area contributed by atoms with Crippen molar-refractivity contribution in [3.05, 3.63) is 87.6 Å². The van der Waals surface area contributed by atoms with Crippen LogP contribution in [0, 0.1) is 5.82 Å². The summed E-state index contributed by atoms with van der Waals surface area (Å²) < 4.78 is 55.1. The largest absolute Gasteiger partial charge is 0.417 e. The van der Waals surface area contributed by atoms with Crippen LogP contribution in [0.4, 0.5) is 23.2 Å². The first kappa shape index (κ1) is 20.4. The van der Waals surface area contributed by atoms with Gasteiger partial charge >= 0.3 is 6.18 Å². The monoisotopic (exact) mass is 452 g/mol. The molecule has 0 aliphatic heterocycles. The minimum Gasteiger partial charge on any atom is -0.331 e. The van der Waals surface area contributed by atoms with Gasteiger partial charge in [-0.25, -0.2) is 4.39 Å². The van der Waals surface area contributed by atoms with Crippen molar-refractivity contribution in [3.8, 4) is 0 Å². The number of hydrogen-bond acceptors (Lipinski definition) is 2. The summed E-state index contributed by atoms with van der Waals surface area (Å²) in [6.07, 6.45) is -4.64. The van der Waals surface area contributed by atoms with E-state index in [0.717, 1.165) is 27.9 Å². The highest BCUT2D eigenvalue weighted by Crippen LogP contribution is 2.36. The highest BCUT2D eigenvalue weighted by molar-refractivity contribution is 7.17. The maximum atomic E-state index is 13.2. The van der Waals surface area contributed by atoms with Gasteiger partial charge in [-0.15, -0.1) is 11.3 Å². The van der Waals surface area contributed by atoms with Crippen molar-refractivity contribution in [1.82, 2.24) is 4.57 Å². The molecule has 3 nitrogen and oxygen atoms in total. The molecule has 0 aliphatic carbocycles. The lowest BCUT2D eigenvalue weighted by Gasteiger charge is -2.13. The highest BCUT2D eigenvalue weighted by atomic mass is 35.5. The Morgan fingerprint density at radius 3 is 2.50 bits per heavy atom. The summed E-state index contributed by atoms with van der Waals surface area (Å²) in [6.45, 7) is 0.303. The molecule has 0 saturated heterocycles. The number of nitrogens with zero attached hydrogens (tertiary/aromatic N) is 1. The van der Waals surface area contributed by atoms with Crippen molar-refractivity contribution in [2.24, 2.45) is 0 Å². The number of aromatic nitrogens is 1. The Labute approximate surface area is 177 Å². The quantitative estimate of drug-likeness (QED) is 0.339. The fourth-order valence-corrected chi connectivity index (χ4v) is 4.17. The summed E-state index contributed by atoms with van der Waals surface area (Å²) in [5.41, 5.74) is 0.825. The molecule has 0 spiro atoms. The zero-order valence-electron chi connectivity index (χ0n) is 15.1. The molecule has 30 heavy (non-hydrogen) atoms. The van der Waals surface area contributed by atoms with Crippen LogP contribution in [0.15, 0.2) is 60.0 Å². The zero-order valence-corrected chi connectivity index (χ0v) is 16.7. The standard InChI is InChI=1S/C21H13ClF4N2OS/c22-16-6-5-14(9-15(16)21(24,25)26)27-20(29)18-10-19-17(7-8-30-19)28(18)11-12-1-3-13(23)4-2-12/h1-10H,11H2,(H,27,29). The second kappa shape index (κ2) is 7.77. The number of halogens is 5. The number of hydrogen-bond donors (Lipinski definition) is 1. The third-order valence-corrected chi connectivity index (χ3v) is 5.72. The fraction of sp³-hybridized carbons (Fsp3) is 0.0952. The van der Waals surface area contributed by atoms with Crippen molar-refractivity contribution >= 4 is 44.7 Å². The number of benzene rings is 2. The number of nitrogens with one attached hydrogen (secondary N) is 1. The van der Waals surface area contributed by atoms with E-state index >= 15 is 0 Å². The van der Waals surface area contributed by atoms with Crippen LogP contribution in [-0.4, -0.2) is 10.5 Å². The summed E-state index contributed by atoms with van der Waals surface area (Å²) in [5, 5.41) is 3.94. The predicted molar refractivity (Wildman–Crippen MR) is 110 cm³/mol. The average Bonchev–Trinajstić information content (AvgIpc) is 3.27. The van der Waals surface area contributed by atoms with Crippen LogP contribution in [0.5, 0.6) is 0 Å². The van der Waals surface area contributed by atoms with Crippen LogP contribution in [0.25, 0.3) is 10.2 Å². The Morgan fingerprint density at radius 1 is 1.07 bits per heavy atom. The summed E-state index contributed by atoms with van der Waals surface area (Å²) in [6, 6.07) is 12.6. The number of thiophene rings is 1. The number of carbonyl (C=O) groups excluding carboxylic acids is 1. The third kappa shape index (κ3) is 4.06. The maximum absolute atomic E-state index is 13.2. The number of amides is 1. The van der Waals surface area contributed by atoms with Gasteiger partial charge in [0, 0.05) is 12.2 Å². The topological polar surface area (TPSA) is 34.0 Å². The molecule has 4 aromatic rings. The van der Waals surface area contributed by atoms with E-state index in [1.165, 1.54) is 29.5 Å². The van der Waals surface area contributed by atoms with Gasteiger partial charge in [-0.1, -0.05) is 23.7 Å². The Bertz CT molecular complexity index is 1230. The number of rotatable bonds is 4. The van der Waals surface area contributed by atoms with Crippen molar-refractivity contribution in [2.75, 3.05) is 5.32 Å².